The first-order valence-corrected chi connectivity index (χ1v) is 9.25. The minimum atomic E-state index is -0.680. The summed E-state index contributed by atoms with van der Waals surface area (Å²) in [7, 11) is 0. The number of aliphatic hydroxyl groups is 1. The quantitative estimate of drug-likeness (QED) is 0.732. The van der Waals surface area contributed by atoms with E-state index >= 15 is 0 Å². The lowest BCUT2D eigenvalue weighted by Gasteiger charge is -2.61. The molecule has 4 heterocycles. The van der Waals surface area contributed by atoms with Crippen LogP contribution in [0.1, 0.15) is 12.0 Å². The zero-order valence-corrected chi connectivity index (χ0v) is 14.6. The van der Waals surface area contributed by atoms with Gasteiger partial charge >= 0.3 is 0 Å². The van der Waals surface area contributed by atoms with Crippen LogP contribution in [-0.2, 0) is 20.9 Å². The smallest absolute Gasteiger partial charge is 0.252 e. The van der Waals surface area contributed by atoms with Crippen LogP contribution < -0.4 is 0 Å². The van der Waals surface area contributed by atoms with Crippen LogP contribution in [-0.4, -0.2) is 88.2 Å². The number of ether oxygens (including phenoxy) is 1. The fourth-order valence-electron chi connectivity index (χ4n) is 4.73. The van der Waals surface area contributed by atoms with Crippen molar-refractivity contribution < 1.29 is 19.4 Å². The van der Waals surface area contributed by atoms with Crippen LogP contribution >= 0.6 is 0 Å². The number of hydrogen-bond donors (Lipinski definition) is 1. The fraction of sp³-hybridized carbons (Fsp3) is 0.579. The Morgan fingerprint density at radius 2 is 1.88 bits per heavy atom. The Kier molecular flexibility index (Phi) is 3.69. The Morgan fingerprint density at radius 1 is 1.15 bits per heavy atom. The van der Waals surface area contributed by atoms with E-state index < -0.39 is 17.7 Å². The number of rotatable bonds is 3. The molecule has 5 rings (SSSR count). The van der Waals surface area contributed by atoms with Crippen LogP contribution in [0.5, 0.6) is 0 Å². The lowest BCUT2D eigenvalue weighted by molar-refractivity contribution is -0.193. The zero-order chi connectivity index (χ0) is 17.9. The van der Waals surface area contributed by atoms with Gasteiger partial charge in [0.05, 0.1) is 37.9 Å². The van der Waals surface area contributed by atoms with E-state index in [-0.39, 0.29) is 11.8 Å². The van der Waals surface area contributed by atoms with E-state index in [0.717, 1.165) is 5.56 Å². The van der Waals surface area contributed by atoms with Gasteiger partial charge in [-0.1, -0.05) is 30.3 Å². The van der Waals surface area contributed by atoms with Crippen molar-refractivity contribution in [1.29, 1.82) is 0 Å². The van der Waals surface area contributed by atoms with Crippen molar-refractivity contribution in [1.82, 2.24) is 14.7 Å². The molecule has 4 saturated heterocycles. The van der Waals surface area contributed by atoms with Gasteiger partial charge in [0.15, 0.2) is 0 Å². The molecule has 4 fully saturated rings. The average Bonchev–Trinajstić information content (AvgIpc) is 2.95. The summed E-state index contributed by atoms with van der Waals surface area (Å²) in [5.74, 6) is -0.292. The second-order valence-corrected chi connectivity index (χ2v) is 7.90. The minimum absolute atomic E-state index is 0.117. The Bertz CT molecular complexity index is 730. The van der Waals surface area contributed by atoms with Crippen LogP contribution in [0.15, 0.2) is 30.3 Å². The van der Waals surface area contributed by atoms with Gasteiger partial charge in [0.2, 0.25) is 5.91 Å². The fourth-order valence-corrected chi connectivity index (χ4v) is 4.73. The molecular formula is C19H23N3O4. The van der Waals surface area contributed by atoms with Gasteiger partial charge in [-0.05, 0) is 12.0 Å². The highest BCUT2D eigenvalue weighted by atomic mass is 16.5. The lowest BCUT2D eigenvalue weighted by Crippen LogP contribution is -2.83. The molecule has 0 aliphatic carbocycles. The van der Waals surface area contributed by atoms with Crippen LogP contribution in [0.25, 0.3) is 0 Å². The molecule has 0 unspecified atom stereocenters. The third-order valence-corrected chi connectivity index (χ3v) is 6.27. The van der Waals surface area contributed by atoms with Gasteiger partial charge < -0.3 is 9.84 Å². The van der Waals surface area contributed by atoms with Crippen molar-refractivity contribution in [3.05, 3.63) is 35.9 Å². The van der Waals surface area contributed by atoms with Crippen LogP contribution in [0.3, 0.4) is 0 Å². The molecule has 1 spiro atoms. The van der Waals surface area contributed by atoms with Gasteiger partial charge in [-0.2, -0.15) is 0 Å². The Morgan fingerprint density at radius 3 is 2.54 bits per heavy atom. The maximum absolute atomic E-state index is 13.4. The molecule has 1 N–H and O–H groups in total. The van der Waals surface area contributed by atoms with Crippen molar-refractivity contribution in [2.75, 3.05) is 32.8 Å². The molecule has 4 aliphatic heterocycles. The summed E-state index contributed by atoms with van der Waals surface area (Å²) in [4.78, 5) is 32.0. The van der Waals surface area contributed by atoms with E-state index in [4.69, 9.17) is 4.74 Å². The number of likely N-dealkylation sites (tertiary alicyclic amines) is 1. The SMILES string of the molecule is O=C1[C@@H]2C[C@@H](O)CN2C2(CN(C3COC3)C2)C(=O)N1Cc1ccccc1. The number of hydrogen-bond acceptors (Lipinski definition) is 6. The third-order valence-electron chi connectivity index (χ3n) is 6.27. The molecular weight excluding hydrogens is 334 g/mol. The Balaban J connectivity index is 1.44. The first kappa shape index (κ1) is 16.4. The summed E-state index contributed by atoms with van der Waals surface area (Å²) in [6, 6.07) is 9.59. The minimum Gasteiger partial charge on any atom is -0.392 e. The number of nitrogens with zero attached hydrogens (tertiary/aromatic N) is 3. The number of imide groups is 1. The molecule has 4 aliphatic rings. The van der Waals surface area contributed by atoms with Gasteiger partial charge in [-0.25, -0.2) is 0 Å². The molecule has 1 aromatic carbocycles. The predicted molar refractivity (Wildman–Crippen MR) is 92.0 cm³/mol. The van der Waals surface area contributed by atoms with E-state index in [1.54, 1.807) is 0 Å². The molecule has 26 heavy (non-hydrogen) atoms. The van der Waals surface area contributed by atoms with Crippen molar-refractivity contribution in [3.8, 4) is 0 Å². The number of carbonyl (C=O) groups is 2. The summed E-state index contributed by atoms with van der Waals surface area (Å²) in [5.41, 5.74) is 0.264. The first-order chi connectivity index (χ1) is 12.6. The number of piperazine rings is 1. The number of aliphatic hydroxyl groups excluding tert-OH is 1. The molecule has 7 nitrogen and oxygen atoms in total. The van der Waals surface area contributed by atoms with Gasteiger partial charge in [0, 0.05) is 19.6 Å². The molecule has 0 aromatic heterocycles. The molecule has 0 bridgehead atoms. The van der Waals surface area contributed by atoms with E-state index in [1.165, 1.54) is 4.90 Å². The van der Waals surface area contributed by atoms with Gasteiger partial charge in [0.1, 0.15) is 5.54 Å². The summed E-state index contributed by atoms with van der Waals surface area (Å²) in [6.07, 6.45) is -0.141. The number of β-amino-alcohol motifs (C(OH)–C–C–N with tert-alkyl or cyclic N) is 1. The normalized spacial score (nSPS) is 31.8. The highest BCUT2D eigenvalue weighted by molar-refractivity contribution is 6.06. The monoisotopic (exact) mass is 357 g/mol. The van der Waals surface area contributed by atoms with Crippen molar-refractivity contribution in [2.45, 2.75) is 36.7 Å². The zero-order valence-electron chi connectivity index (χ0n) is 14.6. The third kappa shape index (κ3) is 2.28. The second kappa shape index (κ2) is 5.85. The van der Waals surface area contributed by atoms with Crippen molar-refractivity contribution in [2.24, 2.45) is 0 Å². The summed E-state index contributed by atoms with van der Waals surface area (Å²) in [5, 5.41) is 10.2. The standard InChI is InChI=1S/C19H23N3O4/c23-15-6-16-17(24)21(7-13-4-2-1-3-5-13)18(25)19(22(16)8-15)11-20(12-19)14-9-26-10-14/h1-5,14-16,23H,6-12H2/t15-,16+/m1/s1. The first-order valence-electron chi connectivity index (χ1n) is 9.25. The number of benzene rings is 1. The lowest BCUT2D eigenvalue weighted by atomic mass is 9.81. The molecule has 0 radical (unpaired) electrons. The molecule has 138 valence electrons. The Hall–Kier alpha value is -1.80. The predicted octanol–water partition coefficient (Wildman–Crippen LogP) is -0.556. The maximum atomic E-state index is 13.4. The van der Waals surface area contributed by atoms with E-state index in [1.807, 2.05) is 35.2 Å². The van der Waals surface area contributed by atoms with Gasteiger partial charge in [-0.15, -0.1) is 0 Å². The van der Waals surface area contributed by atoms with E-state index in [0.29, 0.717) is 51.9 Å². The molecule has 1 aromatic rings. The number of carbonyl (C=O) groups excluding carboxylic acids is 2. The largest absolute Gasteiger partial charge is 0.392 e. The Labute approximate surface area is 152 Å². The van der Waals surface area contributed by atoms with E-state index in [2.05, 4.69) is 4.90 Å². The van der Waals surface area contributed by atoms with Crippen LogP contribution in [0, 0.1) is 0 Å². The second-order valence-electron chi connectivity index (χ2n) is 7.90. The number of fused-ring (bicyclic) bond motifs is 2. The molecule has 2 atom stereocenters. The van der Waals surface area contributed by atoms with Gasteiger partial charge in [-0.3, -0.25) is 24.3 Å². The average molecular weight is 357 g/mol. The highest BCUT2D eigenvalue weighted by Gasteiger charge is 2.65. The van der Waals surface area contributed by atoms with Crippen molar-refractivity contribution >= 4 is 11.8 Å². The van der Waals surface area contributed by atoms with Gasteiger partial charge in [0.25, 0.3) is 5.91 Å². The highest BCUT2D eigenvalue weighted by Crippen LogP contribution is 2.42. The molecule has 0 saturated carbocycles. The topological polar surface area (TPSA) is 73.3 Å². The van der Waals surface area contributed by atoms with Crippen molar-refractivity contribution in [3.63, 3.8) is 0 Å². The summed E-state index contributed by atoms with van der Waals surface area (Å²) >= 11 is 0. The molecule has 7 heteroatoms. The summed E-state index contributed by atoms with van der Waals surface area (Å²) in [6.45, 7) is 3.35. The van der Waals surface area contributed by atoms with Crippen LogP contribution in [0.4, 0.5) is 0 Å². The summed E-state index contributed by atoms with van der Waals surface area (Å²) < 4.78 is 5.27. The van der Waals surface area contributed by atoms with Crippen LogP contribution in [0.2, 0.25) is 0 Å². The number of amides is 2. The maximum Gasteiger partial charge on any atom is 0.252 e. The molecule has 2 amide bonds. The van der Waals surface area contributed by atoms with E-state index in [9.17, 15) is 14.7 Å².